The predicted octanol–water partition coefficient (Wildman–Crippen LogP) is 4.12. The van der Waals surface area contributed by atoms with Gasteiger partial charge in [-0.2, -0.15) is 0 Å². The fraction of sp³-hybridized carbons (Fsp3) is 0.435. The zero-order valence-electron chi connectivity index (χ0n) is 15.7. The molecule has 2 heterocycles. The molecule has 0 aliphatic carbocycles. The highest BCUT2D eigenvalue weighted by Crippen LogP contribution is 2.21. The van der Waals surface area contributed by atoms with E-state index in [4.69, 9.17) is 0 Å². The van der Waals surface area contributed by atoms with Gasteiger partial charge in [-0.3, -0.25) is 9.69 Å². The van der Waals surface area contributed by atoms with E-state index >= 15 is 0 Å². The molecule has 26 heavy (non-hydrogen) atoms. The lowest BCUT2D eigenvalue weighted by Crippen LogP contribution is -2.36. The lowest BCUT2D eigenvalue weighted by Gasteiger charge is -2.31. The Kier molecular flexibility index (Phi) is 5.07. The van der Waals surface area contributed by atoms with Gasteiger partial charge >= 0.3 is 0 Å². The second-order valence-electron chi connectivity index (χ2n) is 7.92. The Hall–Kier alpha value is -2.13. The number of benzene rings is 2. The molecule has 0 N–H and O–H groups in total. The molecule has 3 heteroatoms. The molecule has 3 nitrogen and oxygen atoms in total. The number of nitrogens with zero attached hydrogens (tertiary/aromatic N) is 2. The van der Waals surface area contributed by atoms with Crippen molar-refractivity contribution in [3.63, 3.8) is 0 Å². The number of hydrogen-bond acceptors (Lipinski definition) is 2. The van der Waals surface area contributed by atoms with E-state index in [2.05, 4.69) is 48.2 Å². The highest BCUT2D eigenvalue weighted by Gasteiger charge is 2.21. The van der Waals surface area contributed by atoms with Crippen LogP contribution in [-0.4, -0.2) is 35.3 Å². The molecule has 1 fully saturated rings. The minimum Gasteiger partial charge on any atom is -0.334 e. The maximum atomic E-state index is 12.9. The number of hydrogen-bond donors (Lipinski definition) is 0. The topological polar surface area (TPSA) is 23.6 Å². The van der Waals surface area contributed by atoms with Crippen LogP contribution in [0.1, 0.15) is 46.8 Å². The first-order valence-corrected chi connectivity index (χ1v) is 9.86. The summed E-state index contributed by atoms with van der Waals surface area (Å²) in [5.74, 6) is 0.948. The Balaban J connectivity index is 1.40. The van der Waals surface area contributed by atoms with Gasteiger partial charge in [-0.1, -0.05) is 43.3 Å². The zero-order valence-corrected chi connectivity index (χ0v) is 15.7. The summed E-state index contributed by atoms with van der Waals surface area (Å²) in [7, 11) is 0. The molecule has 2 aromatic rings. The molecular weight excluding hydrogens is 320 g/mol. The smallest absolute Gasteiger partial charge is 0.254 e. The first kappa shape index (κ1) is 17.3. The Bertz CT molecular complexity index is 768. The number of carbonyl (C=O) groups excluding carboxylic acids is 1. The highest BCUT2D eigenvalue weighted by atomic mass is 16.2. The lowest BCUT2D eigenvalue weighted by molar-refractivity contribution is 0.0734. The minimum absolute atomic E-state index is 0.151. The van der Waals surface area contributed by atoms with Crippen molar-refractivity contribution in [1.82, 2.24) is 9.80 Å². The second kappa shape index (κ2) is 7.63. The van der Waals surface area contributed by atoms with Gasteiger partial charge in [0.1, 0.15) is 0 Å². The maximum Gasteiger partial charge on any atom is 0.254 e. The molecule has 0 aromatic heterocycles. The van der Waals surface area contributed by atoms with Crippen molar-refractivity contribution in [2.24, 2.45) is 5.92 Å². The van der Waals surface area contributed by atoms with Crippen LogP contribution in [0, 0.1) is 5.92 Å². The molecule has 0 radical (unpaired) electrons. The van der Waals surface area contributed by atoms with Crippen molar-refractivity contribution in [3.05, 3.63) is 70.8 Å². The van der Waals surface area contributed by atoms with Gasteiger partial charge in [-0.25, -0.2) is 0 Å². The van der Waals surface area contributed by atoms with Crippen LogP contribution in [0.15, 0.2) is 48.5 Å². The van der Waals surface area contributed by atoms with E-state index in [1.165, 1.54) is 42.6 Å². The molecule has 2 aliphatic heterocycles. The third kappa shape index (κ3) is 3.83. The summed E-state index contributed by atoms with van der Waals surface area (Å²) in [5, 5.41) is 0. The van der Waals surface area contributed by atoms with Crippen LogP contribution in [-0.2, 0) is 19.5 Å². The molecule has 1 atom stereocenters. The molecule has 2 aromatic carbocycles. The average Bonchev–Trinajstić information content (AvgIpc) is 2.68. The summed E-state index contributed by atoms with van der Waals surface area (Å²) < 4.78 is 0. The molecule has 0 bridgehead atoms. The number of amides is 1. The van der Waals surface area contributed by atoms with Gasteiger partial charge in [0, 0.05) is 31.7 Å². The number of likely N-dealkylation sites (tertiary alicyclic amines) is 1. The third-order valence-corrected chi connectivity index (χ3v) is 5.77. The van der Waals surface area contributed by atoms with E-state index < -0.39 is 0 Å². The number of fused-ring (bicyclic) bond motifs is 1. The largest absolute Gasteiger partial charge is 0.334 e. The van der Waals surface area contributed by atoms with Gasteiger partial charge in [-0.15, -0.1) is 0 Å². The van der Waals surface area contributed by atoms with Gasteiger partial charge < -0.3 is 4.90 Å². The van der Waals surface area contributed by atoms with Crippen LogP contribution >= 0.6 is 0 Å². The van der Waals surface area contributed by atoms with Gasteiger partial charge in [0.25, 0.3) is 5.91 Å². The molecule has 0 saturated carbocycles. The normalized spacial score (nSPS) is 20.7. The monoisotopic (exact) mass is 348 g/mol. The van der Waals surface area contributed by atoms with Crippen molar-refractivity contribution < 1.29 is 4.79 Å². The minimum atomic E-state index is 0.151. The Morgan fingerprint density at radius 1 is 1.04 bits per heavy atom. The van der Waals surface area contributed by atoms with Crippen LogP contribution in [0.5, 0.6) is 0 Å². The van der Waals surface area contributed by atoms with Crippen molar-refractivity contribution >= 4 is 5.91 Å². The SMILES string of the molecule is CC1CCCN(Cc2ccc(C(=O)N3CCc4ccccc4C3)cc2)C1. The van der Waals surface area contributed by atoms with Crippen molar-refractivity contribution in [2.45, 2.75) is 39.3 Å². The molecule has 2 aliphatic rings. The molecule has 0 spiro atoms. The quantitative estimate of drug-likeness (QED) is 0.833. The number of carbonyl (C=O) groups is 1. The van der Waals surface area contributed by atoms with Gasteiger partial charge in [0.15, 0.2) is 0 Å². The van der Waals surface area contributed by atoms with Gasteiger partial charge in [0.2, 0.25) is 0 Å². The highest BCUT2D eigenvalue weighted by molar-refractivity contribution is 5.94. The van der Waals surface area contributed by atoms with E-state index in [9.17, 15) is 4.79 Å². The van der Waals surface area contributed by atoms with Crippen molar-refractivity contribution in [3.8, 4) is 0 Å². The van der Waals surface area contributed by atoms with Crippen LogP contribution in [0.25, 0.3) is 0 Å². The van der Waals surface area contributed by atoms with Crippen LogP contribution in [0.4, 0.5) is 0 Å². The standard InChI is InChI=1S/C23H28N2O/c1-18-5-4-13-24(15-18)16-19-8-10-21(11-9-19)23(26)25-14-12-20-6-2-3-7-22(20)17-25/h2-3,6-11,18H,4-5,12-17H2,1H3. The van der Waals surface area contributed by atoms with Crippen LogP contribution in [0.3, 0.4) is 0 Å². The Labute approximate surface area is 156 Å². The molecule has 136 valence electrons. The van der Waals surface area contributed by atoms with E-state index in [1.54, 1.807) is 0 Å². The zero-order chi connectivity index (χ0) is 17.9. The van der Waals surface area contributed by atoms with Crippen molar-refractivity contribution in [2.75, 3.05) is 19.6 Å². The first-order valence-electron chi connectivity index (χ1n) is 9.86. The molecular formula is C23H28N2O. The predicted molar refractivity (Wildman–Crippen MR) is 105 cm³/mol. The van der Waals surface area contributed by atoms with Crippen LogP contribution in [0.2, 0.25) is 0 Å². The fourth-order valence-corrected chi connectivity index (χ4v) is 4.29. The van der Waals surface area contributed by atoms with E-state index in [0.29, 0.717) is 0 Å². The van der Waals surface area contributed by atoms with Gasteiger partial charge in [0.05, 0.1) is 0 Å². The lowest BCUT2D eigenvalue weighted by atomic mass is 9.98. The summed E-state index contributed by atoms with van der Waals surface area (Å²) in [6.07, 6.45) is 3.60. The Morgan fingerprint density at radius 3 is 2.58 bits per heavy atom. The van der Waals surface area contributed by atoms with E-state index in [0.717, 1.165) is 37.5 Å². The first-order chi connectivity index (χ1) is 12.7. The van der Waals surface area contributed by atoms with Gasteiger partial charge in [-0.05, 0) is 60.5 Å². The number of rotatable bonds is 3. The maximum absolute atomic E-state index is 12.9. The second-order valence-corrected chi connectivity index (χ2v) is 7.92. The average molecular weight is 348 g/mol. The molecule has 1 amide bonds. The molecule has 1 unspecified atom stereocenters. The summed E-state index contributed by atoms with van der Waals surface area (Å²) in [4.78, 5) is 17.4. The van der Waals surface area contributed by atoms with Crippen LogP contribution < -0.4 is 0 Å². The fourth-order valence-electron chi connectivity index (χ4n) is 4.29. The summed E-state index contributed by atoms with van der Waals surface area (Å²) in [6.45, 7) is 7.25. The summed E-state index contributed by atoms with van der Waals surface area (Å²) in [6, 6.07) is 16.7. The molecule has 1 saturated heterocycles. The summed E-state index contributed by atoms with van der Waals surface area (Å²) in [5.41, 5.74) is 4.77. The summed E-state index contributed by atoms with van der Waals surface area (Å²) >= 11 is 0. The number of piperidine rings is 1. The third-order valence-electron chi connectivity index (χ3n) is 5.77. The van der Waals surface area contributed by atoms with E-state index in [-0.39, 0.29) is 5.91 Å². The molecule has 4 rings (SSSR count). The van der Waals surface area contributed by atoms with E-state index in [1.807, 2.05) is 17.0 Å². The Morgan fingerprint density at radius 2 is 1.81 bits per heavy atom. The van der Waals surface area contributed by atoms with Crippen molar-refractivity contribution in [1.29, 1.82) is 0 Å².